The zero-order valence-electron chi connectivity index (χ0n) is 17.8. The highest BCUT2D eigenvalue weighted by molar-refractivity contribution is 5.71. The van der Waals surface area contributed by atoms with Gasteiger partial charge in [0.25, 0.3) is 0 Å². The molecule has 1 aromatic carbocycles. The normalized spacial score (nSPS) is 13.5. The summed E-state index contributed by atoms with van der Waals surface area (Å²) < 4.78 is 6.72. The minimum atomic E-state index is -0.581. The van der Waals surface area contributed by atoms with Gasteiger partial charge >= 0.3 is 5.97 Å². The van der Waals surface area contributed by atoms with Crippen molar-refractivity contribution in [2.24, 2.45) is 0 Å². The van der Waals surface area contributed by atoms with Crippen molar-refractivity contribution < 1.29 is 9.53 Å². The van der Waals surface area contributed by atoms with E-state index in [-0.39, 0.29) is 18.3 Å². The molecule has 0 spiro atoms. The van der Waals surface area contributed by atoms with Crippen LogP contribution in [-0.4, -0.2) is 37.4 Å². The summed E-state index contributed by atoms with van der Waals surface area (Å²) in [4.78, 5) is 20.9. The smallest absolute Gasteiger partial charge is 0.328 e. The SMILES string of the molecule is CC(C)(C)OC(=O)Cn1cc(-c2cnc(NC3Cc4ccccc4C3)nc2)c(C#N)n1. The summed E-state index contributed by atoms with van der Waals surface area (Å²) in [5, 5.41) is 17.0. The van der Waals surface area contributed by atoms with Gasteiger partial charge in [0.05, 0.1) is 0 Å². The minimum absolute atomic E-state index is 0.0747. The van der Waals surface area contributed by atoms with Crippen LogP contribution in [0.1, 0.15) is 37.6 Å². The van der Waals surface area contributed by atoms with Gasteiger partial charge in [0, 0.05) is 35.8 Å². The van der Waals surface area contributed by atoms with E-state index in [4.69, 9.17) is 4.74 Å². The zero-order valence-corrected chi connectivity index (χ0v) is 17.8. The predicted molar refractivity (Wildman–Crippen MR) is 115 cm³/mol. The van der Waals surface area contributed by atoms with E-state index in [9.17, 15) is 10.1 Å². The molecule has 8 heteroatoms. The largest absolute Gasteiger partial charge is 0.459 e. The molecule has 0 saturated carbocycles. The molecule has 4 rings (SSSR count). The van der Waals surface area contributed by atoms with Crippen LogP contribution in [0.2, 0.25) is 0 Å². The molecule has 3 aromatic rings. The zero-order chi connectivity index (χ0) is 22.0. The van der Waals surface area contributed by atoms with Crippen molar-refractivity contribution in [3.63, 3.8) is 0 Å². The van der Waals surface area contributed by atoms with Gasteiger partial charge in [-0.1, -0.05) is 24.3 Å². The second kappa shape index (κ2) is 8.19. The molecule has 0 unspecified atom stereocenters. The Morgan fingerprint density at radius 2 is 1.87 bits per heavy atom. The van der Waals surface area contributed by atoms with Gasteiger partial charge in [-0.2, -0.15) is 10.4 Å². The van der Waals surface area contributed by atoms with Gasteiger partial charge in [-0.15, -0.1) is 0 Å². The summed E-state index contributed by atoms with van der Waals surface area (Å²) >= 11 is 0. The number of rotatable bonds is 5. The summed E-state index contributed by atoms with van der Waals surface area (Å²) in [6.07, 6.45) is 6.84. The summed E-state index contributed by atoms with van der Waals surface area (Å²) in [5.41, 5.74) is 3.57. The van der Waals surface area contributed by atoms with Crippen molar-refractivity contribution in [1.82, 2.24) is 19.7 Å². The van der Waals surface area contributed by atoms with Gasteiger partial charge in [-0.3, -0.25) is 9.48 Å². The van der Waals surface area contributed by atoms with Crippen LogP contribution in [0.3, 0.4) is 0 Å². The van der Waals surface area contributed by atoms with Crippen molar-refractivity contribution in [1.29, 1.82) is 5.26 Å². The first-order chi connectivity index (χ1) is 14.8. The average molecular weight is 416 g/mol. The average Bonchev–Trinajstić information content (AvgIpc) is 3.30. The van der Waals surface area contributed by atoms with Crippen molar-refractivity contribution in [2.45, 2.75) is 51.8 Å². The lowest BCUT2D eigenvalue weighted by Crippen LogP contribution is -2.26. The van der Waals surface area contributed by atoms with Crippen molar-refractivity contribution in [3.8, 4) is 17.2 Å². The number of aromatic nitrogens is 4. The molecule has 158 valence electrons. The third kappa shape index (κ3) is 4.89. The molecule has 0 radical (unpaired) electrons. The number of ether oxygens (including phenoxy) is 1. The number of nitriles is 1. The summed E-state index contributed by atoms with van der Waals surface area (Å²) in [6, 6.07) is 10.7. The highest BCUT2D eigenvalue weighted by Crippen LogP contribution is 2.25. The number of nitrogens with zero attached hydrogens (tertiary/aromatic N) is 5. The van der Waals surface area contributed by atoms with Gasteiger partial charge in [-0.05, 0) is 44.7 Å². The quantitative estimate of drug-likeness (QED) is 0.637. The van der Waals surface area contributed by atoms with Crippen LogP contribution in [-0.2, 0) is 28.9 Å². The van der Waals surface area contributed by atoms with Crippen LogP contribution in [0.5, 0.6) is 0 Å². The summed E-state index contributed by atoms with van der Waals surface area (Å²) in [6.45, 7) is 5.33. The van der Waals surface area contributed by atoms with Crippen LogP contribution in [0, 0.1) is 11.3 Å². The Kier molecular flexibility index (Phi) is 5.42. The van der Waals surface area contributed by atoms with Crippen LogP contribution < -0.4 is 5.32 Å². The third-order valence-electron chi connectivity index (χ3n) is 4.93. The molecular weight excluding hydrogens is 392 g/mol. The fourth-order valence-electron chi connectivity index (χ4n) is 3.69. The Hall–Kier alpha value is -3.73. The number of hydrogen-bond acceptors (Lipinski definition) is 7. The molecule has 0 aliphatic heterocycles. The fraction of sp³-hybridized carbons (Fsp3) is 0.348. The molecule has 0 amide bonds. The van der Waals surface area contributed by atoms with Crippen LogP contribution >= 0.6 is 0 Å². The standard InChI is InChI=1S/C23H24N6O2/c1-23(2,3)31-21(30)14-29-13-19(20(10-24)28-29)17-11-25-22(26-12-17)27-18-8-15-6-4-5-7-16(15)9-18/h4-7,11-13,18H,8-9,14H2,1-3H3,(H,25,26,27). The highest BCUT2D eigenvalue weighted by atomic mass is 16.6. The number of fused-ring (bicyclic) bond motifs is 1. The van der Waals surface area contributed by atoms with Gasteiger partial charge in [0.15, 0.2) is 5.69 Å². The monoisotopic (exact) mass is 416 g/mol. The van der Waals surface area contributed by atoms with E-state index in [2.05, 4.69) is 50.7 Å². The second-order valence-electron chi connectivity index (χ2n) is 8.60. The summed E-state index contributed by atoms with van der Waals surface area (Å²) in [5.74, 6) is 0.126. The van der Waals surface area contributed by atoms with Gasteiger partial charge in [-0.25, -0.2) is 9.97 Å². The van der Waals surface area contributed by atoms with Crippen LogP contribution in [0.4, 0.5) is 5.95 Å². The summed E-state index contributed by atoms with van der Waals surface area (Å²) in [7, 11) is 0. The fourth-order valence-corrected chi connectivity index (χ4v) is 3.69. The molecule has 0 saturated heterocycles. The number of carbonyl (C=O) groups is 1. The van der Waals surface area contributed by atoms with E-state index in [0.29, 0.717) is 17.1 Å². The molecule has 0 fully saturated rings. The van der Waals surface area contributed by atoms with E-state index in [1.807, 2.05) is 0 Å². The second-order valence-corrected chi connectivity index (χ2v) is 8.60. The molecule has 1 N–H and O–H groups in total. The molecule has 8 nitrogen and oxygen atoms in total. The van der Waals surface area contributed by atoms with Gasteiger partial charge in [0.1, 0.15) is 18.2 Å². The van der Waals surface area contributed by atoms with Crippen molar-refractivity contribution in [3.05, 3.63) is 59.7 Å². The van der Waals surface area contributed by atoms with Gasteiger partial charge < -0.3 is 10.1 Å². The topological polar surface area (TPSA) is 106 Å². The molecule has 0 bridgehead atoms. The van der Waals surface area contributed by atoms with E-state index < -0.39 is 11.6 Å². The van der Waals surface area contributed by atoms with E-state index in [1.54, 1.807) is 39.4 Å². The predicted octanol–water partition coefficient (Wildman–Crippen LogP) is 3.13. The number of esters is 1. The highest BCUT2D eigenvalue weighted by Gasteiger charge is 2.22. The van der Waals surface area contributed by atoms with Crippen LogP contribution in [0.25, 0.3) is 11.1 Å². The number of anilines is 1. The number of nitrogens with one attached hydrogen (secondary N) is 1. The third-order valence-corrected chi connectivity index (χ3v) is 4.93. The first kappa shape index (κ1) is 20.5. The van der Waals surface area contributed by atoms with Crippen molar-refractivity contribution in [2.75, 3.05) is 5.32 Å². The molecule has 0 atom stereocenters. The molecule has 2 heterocycles. The maximum Gasteiger partial charge on any atom is 0.328 e. The Bertz CT molecular complexity index is 1110. The lowest BCUT2D eigenvalue weighted by atomic mass is 10.1. The molecule has 1 aliphatic rings. The first-order valence-electron chi connectivity index (χ1n) is 10.2. The van der Waals surface area contributed by atoms with Crippen molar-refractivity contribution >= 4 is 11.9 Å². The number of benzene rings is 1. The minimum Gasteiger partial charge on any atom is -0.459 e. The molecule has 1 aliphatic carbocycles. The van der Waals surface area contributed by atoms with E-state index >= 15 is 0 Å². The van der Waals surface area contributed by atoms with E-state index in [0.717, 1.165) is 12.8 Å². The number of hydrogen-bond donors (Lipinski definition) is 1. The Labute approximate surface area is 180 Å². The Balaban J connectivity index is 1.45. The maximum absolute atomic E-state index is 12.1. The molecular formula is C23H24N6O2. The maximum atomic E-state index is 12.1. The first-order valence-corrected chi connectivity index (χ1v) is 10.2. The Morgan fingerprint density at radius 1 is 1.23 bits per heavy atom. The van der Waals surface area contributed by atoms with Crippen LogP contribution in [0.15, 0.2) is 42.9 Å². The molecule has 2 aromatic heterocycles. The Morgan fingerprint density at radius 3 is 2.45 bits per heavy atom. The van der Waals surface area contributed by atoms with Gasteiger partial charge in [0.2, 0.25) is 5.95 Å². The lowest BCUT2D eigenvalue weighted by molar-refractivity contribution is -0.155. The lowest BCUT2D eigenvalue weighted by Gasteiger charge is -2.19. The number of carbonyl (C=O) groups excluding carboxylic acids is 1. The van der Waals surface area contributed by atoms with E-state index in [1.165, 1.54) is 15.8 Å². The molecule has 31 heavy (non-hydrogen) atoms.